The fourth-order valence-corrected chi connectivity index (χ4v) is 3.07. The highest BCUT2D eigenvalue weighted by Crippen LogP contribution is 2.19. The molecule has 1 heterocycles. The van der Waals surface area contributed by atoms with Crippen LogP contribution in [-0.2, 0) is 4.74 Å². The van der Waals surface area contributed by atoms with Gasteiger partial charge >= 0.3 is 0 Å². The van der Waals surface area contributed by atoms with E-state index in [2.05, 4.69) is 55.1 Å². The second-order valence-corrected chi connectivity index (χ2v) is 7.12. The smallest absolute Gasteiger partial charge is 0.191 e. The number of nitrogens with one attached hydrogen (secondary N) is 2. The highest BCUT2D eigenvalue weighted by molar-refractivity contribution is 5.80. The molecule has 1 atom stereocenters. The Labute approximate surface area is 136 Å². The van der Waals surface area contributed by atoms with E-state index in [4.69, 9.17) is 4.74 Å². The van der Waals surface area contributed by atoms with Gasteiger partial charge in [0.1, 0.15) is 0 Å². The predicted octanol–water partition coefficient (Wildman–Crippen LogP) is 2.09. The molecular formula is C17H36N4O. The number of aliphatic imine (C=N–C) groups is 1. The van der Waals surface area contributed by atoms with Gasteiger partial charge in [0.2, 0.25) is 0 Å². The molecule has 1 fully saturated rings. The molecule has 0 aromatic carbocycles. The van der Waals surface area contributed by atoms with Gasteiger partial charge in [0.25, 0.3) is 0 Å². The first-order chi connectivity index (χ1) is 10.4. The van der Waals surface area contributed by atoms with Crippen molar-refractivity contribution in [3.8, 4) is 0 Å². The SMILES string of the molecule is CCC(CC)C(CNC(=NC)NC(C)(C)C)N1CCOCC1. The number of rotatable bonds is 6. The summed E-state index contributed by atoms with van der Waals surface area (Å²) < 4.78 is 5.51. The van der Waals surface area contributed by atoms with E-state index in [1.165, 1.54) is 12.8 Å². The third-order valence-electron chi connectivity index (χ3n) is 4.30. The van der Waals surface area contributed by atoms with Crippen LogP contribution < -0.4 is 10.6 Å². The quantitative estimate of drug-likeness (QED) is 0.582. The molecule has 22 heavy (non-hydrogen) atoms. The molecule has 5 heteroatoms. The Balaban J connectivity index is 2.67. The third-order valence-corrected chi connectivity index (χ3v) is 4.30. The number of nitrogens with zero attached hydrogens (tertiary/aromatic N) is 2. The first-order valence-electron chi connectivity index (χ1n) is 8.71. The second-order valence-electron chi connectivity index (χ2n) is 7.12. The summed E-state index contributed by atoms with van der Waals surface area (Å²) in [6.07, 6.45) is 2.43. The maximum Gasteiger partial charge on any atom is 0.191 e. The fourth-order valence-electron chi connectivity index (χ4n) is 3.07. The van der Waals surface area contributed by atoms with Crippen LogP contribution in [-0.4, -0.2) is 62.3 Å². The fraction of sp³-hybridized carbons (Fsp3) is 0.941. The minimum absolute atomic E-state index is 0.0191. The van der Waals surface area contributed by atoms with Gasteiger partial charge in [0.15, 0.2) is 5.96 Å². The molecule has 1 unspecified atom stereocenters. The molecule has 0 aromatic heterocycles. The Morgan fingerprint density at radius 2 is 1.77 bits per heavy atom. The van der Waals surface area contributed by atoms with Gasteiger partial charge < -0.3 is 15.4 Å². The van der Waals surface area contributed by atoms with Gasteiger partial charge in [-0.05, 0) is 26.7 Å². The minimum atomic E-state index is 0.0191. The van der Waals surface area contributed by atoms with Crippen molar-refractivity contribution in [2.24, 2.45) is 10.9 Å². The second kappa shape index (κ2) is 9.36. The first-order valence-corrected chi connectivity index (χ1v) is 8.71. The Morgan fingerprint density at radius 1 is 1.18 bits per heavy atom. The summed E-state index contributed by atoms with van der Waals surface area (Å²) >= 11 is 0. The van der Waals surface area contributed by atoms with Crippen LogP contribution in [0.4, 0.5) is 0 Å². The normalized spacial score (nSPS) is 19.3. The summed E-state index contributed by atoms with van der Waals surface area (Å²) in [5, 5.41) is 6.96. The van der Waals surface area contributed by atoms with Crippen molar-refractivity contribution in [2.45, 2.75) is 59.0 Å². The van der Waals surface area contributed by atoms with Crippen molar-refractivity contribution in [1.29, 1.82) is 0 Å². The summed E-state index contributed by atoms with van der Waals surface area (Å²) in [7, 11) is 1.84. The van der Waals surface area contributed by atoms with Crippen LogP contribution in [0.3, 0.4) is 0 Å². The van der Waals surface area contributed by atoms with E-state index in [0.29, 0.717) is 12.0 Å². The van der Waals surface area contributed by atoms with Crippen molar-refractivity contribution in [1.82, 2.24) is 15.5 Å². The number of guanidine groups is 1. The summed E-state index contributed by atoms with van der Waals surface area (Å²) in [4.78, 5) is 6.93. The largest absolute Gasteiger partial charge is 0.379 e. The molecule has 1 rings (SSSR count). The van der Waals surface area contributed by atoms with Crippen LogP contribution in [0.25, 0.3) is 0 Å². The number of hydrogen-bond acceptors (Lipinski definition) is 3. The van der Waals surface area contributed by atoms with Gasteiger partial charge in [-0.25, -0.2) is 0 Å². The van der Waals surface area contributed by atoms with Crippen molar-refractivity contribution in [3.63, 3.8) is 0 Å². The van der Waals surface area contributed by atoms with Crippen LogP contribution in [0.1, 0.15) is 47.5 Å². The highest BCUT2D eigenvalue weighted by atomic mass is 16.5. The van der Waals surface area contributed by atoms with Crippen LogP contribution >= 0.6 is 0 Å². The Morgan fingerprint density at radius 3 is 2.23 bits per heavy atom. The lowest BCUT2D eigenvalue weighted by Gasteiger charge is -2.39. The van der Waals surface area contributed by atoms with Gasteiger partial charge in [-0.3, -0.25) is 9.89 Å². The first kappa shape index (κ1) is 19.2. The molecule has 0 radical (unpaired) electrons. The topological polar surface area (TPSA) is 48.9 Å². The van der Waals surface area contributed by atoms with Crippen LogP contribution in [0.15, 0.2) is 4.99 Å². The summed E-state index contributed by atoms with van der Waals surface area (Å²) in [5.74, 6) is 1.59. The molecule has 1 aliphatic rings. The highest BCUT2D eigenvalue weighted by Gasteiger charge is 2.27. The summed E-state index contributed by atoms with van der Waals surface area (Å²) in [5.41, 5.74) is 0.0191. The van der Waals surface area contributed by atoms with E-state index in [0.717, 1.165) is 38.8 Å². The lowest BCUT2D eigenvalue weighted by Crippen LogP contribution is -2.55. The van der Waals surface area contributed by atoms with E-state index in [1.54, 1.807) is 0 Å². The number of morpholine rings is 1. The van der Waals surface area contributed by atoms with Crippen molar-refractivity contribution >= 4 is 5.96 Å². The molecule has 0 saturated carbocycles. The van der Waals surface area contributed by atoms with Gasteiger partial charge in [0.05, 0.1) is 13.2 Å². The molecule has 0 aromatic rings. The molecule has 1 saturated heterocycles. The lowest BCUT2D eigenvalue weighted by molar-refractivity contribution is 0.00270. The Bertz CT molecular complexity index is 328. The van der Waals surface area contributed by atoms with E-state index in [9.17, 15) is 0 Å². The van der Waals surface area contributed by atoms with Gasteiger partial charge in [-0.2, -0.15) is 0 Å². The maximum atomic E-state index is 5.51. The summed E-state index contributed by atoms with van der Waals surface area (Å²) in [6.45, 7) is 15.8. The molecular weight excluding hydrogens is 276 g/mol. The predicted molar refractivity (Wildman–Crippen MR) is 94.5 cm³/mol. The molecule has 0 bridgehead atoms. The van der Waals surface area contributed by atoms with E-state index in [-0.39, 0.29) is 5.54 Å². The molecule has 5 nitrogen and oxygen atoms in total. The minimum Gasteiger partial charge on any atom is -0.379 e. The van der Waals surface area contributed by atoms with Crippen molar-refractivity contribution < 1.29 is 4.74 Å². The molecule has 0 spiro atoms. The summed E-state index contributed by atoms with van der Waals surface area (Å²) in [6, 6.07) is 0.539. The average molecular weight is 313 g/mol. The molecule has 0 amide bonds. The monoisotopic (exact) mass is 312 g/mol. The van der Waals surface area contributed by atoms with Crippen molar-refractivity contribution in [2.75, 3.05) is 39.9 Å². The zero-order chi connectivity index (χ0) is 16.6. The zero-order valence-electron chi connectivity index (χ0n) is 15.4. The van der Waals surface area contributed by atoms with E-state index >= 15 is 0 Å². The maximum absolute atomic E-state index is 5.51. The van der Waals surface area contributed by atoms with Crippen LogP contribution in [0.2, 0.25) is 0 Å². The van der Waals surface area contributed by atoms with E-state index in [1.807, 2.05) is 7.05 Å². The van der Waals surface area contributed by atoms with Gasteiger partial charge in [-0.15, -0.1) is 0 Å². The molecule has 1 aliphatic heterocycles. The standard InChI is InChI=1S/C17H36N4O/c1-7-14(8-2)15(21-9-11-22-12-10-21)13-19-16(18-6)20-17(3,4)5/h14-15H,7-13H2,1-6H3,(H2,18,19,20). The van der Waals surface area contributed by atoms with E-state index < -0.39 is 0 Å². The lowest BCUT2D eigenvalue weighted by atomic mass is 9.92. The molecule has 2 N–H and O–H groups in total. The number of hydrogen-bond donors (Lipinski definition) is 2. The van der Waals surface area contributed by atoms with Gasteiger partial charge in [0, 0.05) is 38.3 Å². The van der Waals surface area contributed by atoms with Crippen molar-refractivity contribution in [3.05, 3.63) is 0 Å². The Kier molecular flexibility index (Phi) is 8.18. The van der Waals surface area contributed by atoms with Gasteiger partial charge in [-0.1, -0.05) is 26.7 Å². The molecule has 0 aliphatic carbocycles. The number of ether oxygens (including phenoxy) is 1. The van der Waals surface area contributed by atoms with Crippen LogP contribution in [0, 0.1) is 5.92 Å². The third kappa shape index (κ3) is 6.53. The zero-order valence-corrected chi connectivity index (χ0v) is 15.4. The Hall–Kier alpha value is -0.810. The van der Waals surface area contributed by atoms with Crippen LogP contribution in [0.5, 0.6) is 0 Å². The average Bonchev–Trinajstić information content (AvgIpc) is 2.49. The molecule has 130 valence electrons.